The van der Waals surface area contributed by atoms with Crippen LogP contribution in [0.2, 0.25) is 0 Å². The van der Waals surface area contributed by atoms with Crippen molar-refractivity contribution in [3.05, 3.63) is 11.6 Å². The number of likely N-dealkylation sites (N-methyl/N-ethyl adjacent to an activating group) is 1. The summed E-state index contributed by atoms with van der Waals surface area (Å²) in [5.74, 6) is 1.11. The standard InChI is InChI=1S/C6H11N2S/c1-7-2-3-8-4-5-9-6-8/h4-5H,2-3,6H2,1H3. The lowest BCUT2D eigenvalue weighted by Crippen LogP contribution is -2.21. The summed E-state index contributed by atoms with van der Waals surface area (Å²) < 4.78 is 0. The summed E-state index contributed by atoms with van der Waals surface area (Å²) in [5, 5.41) is 6.14. The lowest BCUT2D eigenvalue weighted by Gasteiger charge is -2.12. The molecule has 0 saturated carbocycles. The SMILES string of the molecule is C[N]CCN1C=CSC1. The fourth-order valence-corrected chi connectivity index (χ4v) is 1.43. The van der Waals surface area contributed by atoms with Crippen molar-refractivity contribution >= 4 is 11.8 Å². The third-order valence-corrected chi connectivity index (χ3v) is 2.01. The first-order valence-corrected chi connectivity index (χ1v) is 4.06. The van der Waals surface area contributed by atoms with E-state index in [-0.39, 0.29) is 0 Å². The third-order valence-electron chi connectivity index (χ3n) is 1.22. The molecular weight excluding hydrogens is 132 g/mol. The highest BCUT2D eigenvalue weighted by Crippen LogP contribution is 2.13. The average molecular weight is 143 g/mol. The normalized spacial score (nSPS) is 17.2. The summed E-state index contributed by atoms with van der Waals surface area (Å²) in [5.41, 5.74) is 0. The van der Waals surface area contributed by atoms with Crippen molar-refractivity contribution in [1.82, 2.24) is 10.2 Å². The zero-order valence-corrected chi connectivity index (χ0v) is 6.40. The van der Waals surface area contributed by atoms with E-state index in [9.17, 15) is 0 Å². The van der Waals surface area contributed by atoms with E-state index in [0.29, 0.717) is 0 Å². The third kappa shape index (κ3) is 2.28. The summed E-state index contributed by atoms with van der Waals surface area (Å²) >= 11 is 1.84. The molecule has 0 amide bonds. The minimum absolute atomic E-state index is 0.949. The van der Waals surface area contributed by atoms with E-state index < -0.39 is 0 Å². The van der Waals surface area contributed by atoms with Gasteiger partial charge in [-0.2, -0.15) is 0 Å². The average Bonchev–Trinajstić information content (AvgIpc) is 2.34. The van der Waals surface area contributed by atoms with Crippen LogP contribution in [0.1, 0.15) is 0 Å². The van der Waals surface area contributed by atoms with Crippen molar-refractivity contribution in [1.29, 1.82) is 0 Å². The van der Waals surface area contributed by atoms with Crippen LogP contribution in [0.15, 0.2) is 11.6 Å². The van der Waals surface area contributed by atoms with Gasteiger partial charge in [0.05, 0.1) is 5.88 Å². The number of nitrogens with zero attached hydrogens (tertiary/aromatic N) is 2. The second kappa shape index (κ2) is 3.80. The van der Waals surface area contributed by atoms with Gasteiger partial charge in [-0.3, -0.25) is 0 Å². The van der Waals surface area contributed by atoms with E-state index in [2.05, 4.69) is 21.8 Å². The fraction of sp³-hybridized carbons (Fsp3) is 0.667. The van der Waals surface area contributed by atoms with Crippen molar-refractivity contribution in [2.45, 2.75) is 0 Å². The monoisotopic (exact) mass is 143 g/mol. The van der Waals surface area contributed by atoms with Crippen LogP contribution in [0.4, 0.5) is 0 Å². The van der Waals surface area contributed by atoms with Gasteiger partial charge < -0.3 is 4.90 Å². The van der Waals surface area contributed by atoms with Gasteiger partial charge >= 0.3 is 0 Å². The molecule has 0 N–H and O–H groups in total. The quantitative estimate of drug-likeness (QED) is 0.578. The Kier molecular flexibility index (Phi) is 2.94. The van der Waals surface area contributed by atoms with E-state index in [1.807, 2.05) is 18.8 Å². The molecule has 1 radical (unpaired) electrons. The van der Waals surface area contributed by atoms with Crippen LogP contribution in [0.3, 0.4) is 0 Å². The van der Waals surface area contributed by atoms with Gasteiger partial charge in [-0.1, -0.05) is 0 Å². The fourth-order valence-electron chi connectivity index (χ4n) is 0.678. The van der Waals surface area contributed by atoms with Crippen LogP contribution in [0.25, 0.3) is 0 Å². The molecule has 0 spiro atoms. The Morgan fingerprint density at radius 3 is 3.22 bits per heavy atom. The van der Waals surface area contributed by atoms with Crippen LogP contribution in [0.5, 0.6) is 0 Å². The van der Waals surface area contributed by atoms with Gasteiger partial charge in [0.2, 0.25) is 0 Å². The number of rotatable bonds is 3. The molecule has 0 saturated heterocycles. The largest absolute Gasteiger partial charge is 0.366 e. The molecule has 0 atom stereocenters. The summed E-state index contributed by atoms with van der Waals surface area (Å²) in [6, 6.07) is 0. The molecule has 0 unspecified atom stereocenters. The van der Waals surface area contributed by atoms with Crippen molar-refractivity contribution < 1.29 is 0 Å². The van der Waals surface area contributed by atoms with Gasteiger partial charge in [-0.05, 0) is 5.41 Å². The van der Waals surface area contributed by atoms with Crippen molar-refractivity contribution in [3.63, 3.8) is 0 Å². The maximum atomic E-state index is 4.01. The predicted molar refractivity (Wildman–Crippen MR) is 41.2 cm³/mol. The Morgan fingerprint density at radius 1 is 1.78 bits per heavy atom. The molecule has 0 aromatic heterocycles. The molecule has 0 bridgehead atoms. The molecule has 9 heavy (non-hydrogen) atoms. The van der Waals surface area contributed by atoms with Crippen LogP contribution in [0, 0.1) is 0 Å². The molecule has 1 heterocycles. The highest BCUT2D eigenvalue weighted by atomic mass is 32.2. The van der Waals surface area contributed by atoms with Gasteiger partial charge in [0.15, 0.2) is 0 Å². The highest BCUT2D eigenvalue weighted by molar-refractivity contribution is 8.02. The van der Waals surface area contributed by atoms with E-state index in [0.717, 1.165) is 19.0 Å². The molecule has 0 aromatic rings. The van der Waals surface area contributed by atoms with Crippen molar-refractivity contribution in [3.8, 4) is 0 Å². The van der Waals surface area contributed by atoms with Gasteiger partial charge in [0, 0.05) is 26.3 Å². The van der Waals surface area contributed by atoms with E-state index >= 15 is 0 Å². The van der Waals surface area contributed by atoms with Gasteiger partial charge in [0.25, 0.3) is 0 Å². The van der Waals surface area contributed by atoms with Crippen LogP contribution >= 0.6 is 11.8 Å². The van der Waals surface area contributed by atoms with E-state index in [1.165, 1.54) is 0 Å². The number of thioether (sulfide) groups is 1. The summed E-state index contributed by atoms with van der Waals surface area (Å²) in [6.45, 7) is 2.02. The molecule has 2 nitrogen and oxygen atoms in total. The lowest BCUT2D eigenvalue weighted by atomic mass is 10.6. The van der Waals surface area contributed by atoms with Crippen LogP contribution in [-0.4, -0.2) is 30.9 Å². The second-order valence-corrected chi connectivity index (χ2v) is 2.80. The van der Waals surface area contributed by atoms with E-state index in [1.54, 1.807) is 0 Å². The Hall–Kier alpha value is -0.150. The molecule has 0 fully saturated rings. The van der Waals surface area contributed by atoms with Crippen molar-refractivity contribution in [2.24, 2.45) is 0 Å². The first-order chi connectivity index (χ1) is 4.43. The molecule has 51 valence electrons. The van der Waals surface area contributed by atoms with Gasteiger partial charge in [0.1, 0.15) is 0 Å². The Labute approximate surface area is 60.3 Å². The zero-order chi connectivity index (χ0) is 6.53. The Bertz CT molecular complexity index is 103. The van der Waals surface area contributed by atoms with Gasteiger partial charge in [-0.15, -0.1) is 11.8 Å². The summed E-state index contributed by atoms with van der Waals surface area (Å²) in [7, 11) is 1.85. The number of hydrogen-bond acceptors (Lipinski definition) is 2. The lowest BCUT2D eigenvalue weighted by molar-refractivity contribution is 0.441. The minimum atomic E-state index is 0.949. The molecule has 1 aliphatic heterocycles. The molecule has 1 rings (SSSR count). The molecule has 0 aromatic carbocycles. The van der Waals surface area contributed by atoms with Crippen LogP contribution in [-0.2, 0) is 0 Å². The summed E-state index contributed by atoms with van der Waals surface area (Å²) in [6.07, 6.45) is 2.12. The predicted octanol–water partition coefficient (Wildman–Crippen LogP) is 0.698. The first kappa shape index (κ1) is 6.96. The molecular formula is C6H11N2S. The maximum Gasteiger partial charge on any atom is 0.0675 e. The number of hydrogen-bond donors (Lipinski definition) is 0. The Morgan fingerprint density at radius 2 is 2.67 bits per heavy atom. The van der Waals surface area contributed by atoms with Gasteiger partial charge in [-0.25, -0.2) is 5.32 Å². The molecule has 0 aliphatic carbocycles. The minimum Gasteiger partial charge on any atom is -0.366 e. The zero-order valence-electron chi connectivity index (χ0n) is 5.58. The second-order valence-electron chi connectivity index (χ2n) is 1.93. The first-order valence-electron chi connectivity index (χ1n) is 3.01. The Balaban J connectivity index is 2.05. The molecule has 3 heteroatoms. The summed E-state index contributed by atoms with van der Waals surface area (Å²) in [4.78, 5) is 2.26. The maximum absolute atomic E-state index is 4.01. The highest BCUT2D eigenvalue weighted by Gasteiger charge is 2.01. The smallest absolute Gasteiger partial charge is 0.0675 e. The van der Waals surface area contributed by atoms with Crippen molar-refractivity contribution in [2.75, 3.05) is 26.0 Å². The topological polar surface area (TPSA) is 17.3 Å². The van der Waals surface area contributed by atoms with E-state index in [4.69, 9.17) is 0 Å². The molecule has 1 aliphatic rings. The van der Waals surface area contributed by atoms with Crippen LogP contribution < -0.4 is 5.32 Å².